The van der Waals surface area contributed by atoms with E-state index in [1.165, 1.54) is 11.1 Å². The van der Waals surface area contributed by atoms with Crippen molar-refractivity contribution in [1.29, 1.82) is 0 Å². The molecule has 0 bridgehead atoms. The van der Waals surface area contributed by atoms with Crippen molar-refractivity contribution in [1.82, 2.24) is 0 Å². The van der Waals surface area contributed by atoms with Crippen LogP contribution in [0.5, 0.6) is 0 Å². The summed E-state index contributed by atoms with van der Waals surface area (Å²) in [6.45, 7) is 7.97. The molecule has 0 spiro atoms. The molecule has 4 nitrogen and oxygen atoms in total. The Morgan fingerprint density at radius 1 is 1.35 bits per heavy atom. The Labute approximate surface area is 119 Å². The van der Waals surface area contributed by atoms with Gasteiger partial charge in [-0.05, 0) is 44.4 Å². The van der Waals surface area contributed by atoms with Crippen LogP contribution in [0.2, 0.25) is 0 Å². The highest BCUT2D eigenvalue weighted by molar-refractivity contribution is 5.91. The molecule has 0 saturated carbocycles. The number of nitrogens with zero attached hydrogens (tertiary/aromatic N) is 1. The Morgan fingerprint density at radius 2 is 2.10 bits per heavy atom. The minimum absolute atomic E-state index is 0.252. The molecule has 0 aliphatic carbocycles. The molecule has 1 aromatic rings. The third kappa shape index (κ3) is 2.40. The van der Waals surface area contributed by atoms with E-state index in [4.69, 9.17) is 9.47 Å². The fraction of sp³-hybridized carbons (Fsp3) is 0.562. The van der Waals surface area contributed by atoms with Crippen LogP contribution in [-0.2, 0) is 15.9 Å². The first kappa shape index (κ1) is 13.4. The van der Waals surface area contributed by atoms with Gasteiger partial charge in [-0.2, -0.15) is 0 Å². The van der Waals surface area contributed by atoms with Gasteiger partial charge in [-0.25, -0.2) is 4.79 Å². The maximum Gasteiger partial charge on any atom is 0.414 e. The van der Waals surface area contributed by atoms with Crippen molar-refractivity contribution in [3.63, 3.8) is 0 Å². The van der Waals surface area contributed by atoms with E-state index < -0.39 is 5.60 Å². The molecule has 0 aromatic heterocycles. The fourth-order valence-electron chi connectivity index (χ4n) is 2.77. The van der Waals surface area contributed by atoms with Crippen LogP contribution in [0.1, 0.15) is 37.8 Å². The van der Waals surface area contributed by atoms with Crippen molar-refractivity contribution in [2.45, 2.75) is 38.7 Å². The number of benzene rings is 1. The van der Waals surface area contributed by atoms with Gasteiger partial charge in [0.2, 0.25) is 0 Å². The predicted molar refractivity (Wildman–Crippen MR) is 77.3 cm³/mol. The van der Waals surface area contributed by atoms with Crippen LogP contribution >= 0.6 is 0 Å². The molecule has 108 valence electrons. The van der Waals surface area contributed by atoms with E-state index in [2.05, 4.69) is 6.07 Å². The Kier molecular flexibility index (Phi) is 3.21. The summed E-state index contributed by atoms with van der Waals surface area (Å²) in [6, 6.07) is 6.19. The Hall–Kier alpha value is -1.55. The number of carbonyl (C=O) groups is 1. The average molecular weight is 275 g/mol. The second-order valence-electron chi connectivity index (χ2n) is 6.46. The number of carbonyl (C=O) groups excluding carboxylic acids is 1. The number of fused-ring (bicyclic) bond motifs is 1. The number of hydrogen-bond donors (Lipinski definition) is 0. The normalized spacial score (nSPS) is 18.6. The summed E-state index contributed by atoms with van der Waals surface area (Å²) in [4.78, 5) is 14.0. The van der Waals surface area contributed by atoms with Gasteiger partial charge in [0.15, 0.2) is 0 Å². The van der Waals surface area contributed by atoms with Gasteiger partial charge < -0.3 is 9.47 Å². The van der Waals surface area contributed by atoms with Gasteiger partial charge in [-0.1, -0.05) is 12.1 Å². The van der Waals surface area contributed by atoms with E-state index in [0.29, 0.717) is 12.5 Å². The van der Waals surface area contributed by atoms with Gasteiger partial charge in [0.05, 0.1) is 18.9 Å². The monoisotopic (exact) mass is 275 g/mol. The summed E-state index contributed by atoms with van der Waals surface area (Å²) in [5, 5.41) is 0. The summed E-state index contributed by atoms with van der Waals surface area (Å²) in [5.74, 6) is 0.489. The molecule has 4 heteroatoms. The first-order valence-corrected chi connectivity index (χ1v) is 7.16. The van der Waals surface area contributed by atoms with E-state index in [1.54, 1.807) is 4.90 Å². The second kappa shape index (κ2) is 4.77. The third-order valence-corrected chi connectivity index (χ3v) is 3.76. The van der Waals surface area contributed by atoms with Gasteiger partial charge in [0.1, 0.15) is 5.60 Å². The molecule has 20 heavy (non-hydrogen) atoms. The highest BCUT2D eigenvalue weighted by Gasteiger charge is 2.32. The van der Waals surface area contributed by atoms with Gasteiger partial charge in [-0.3, -0.25) is 4.90 Å². The number of hydrogen-bond acceptors (Lipinski definition) is 3. The van der Waals surface area contributed by atoms with Crippen molar-refractivity contribution in [3.05, 3.63) is 29.3 Å². The third-order valence-electron chi connectivity index (χ3n) is 3.76. The van der Waals surface area contributed by atoms with Crippen LogP contribution in [0, 0.1) is 0 Å². The first-order chi connectivity index (χ1) is 9.46. The zero-order valence-corrected chi connectivity index (χ0v) is 12.3. The molecule has 0 N–H and O–H groups in total. The van der Waals surface area contributed by atoms with E-state index in [9.17, 15) is 4.79 Å². The van der Waals surface area contributed by atoms with E-state index in [0.717, 1.165) is 25.3 Å². The molecule has 0 atom stereocenters. The average Bonchev–Trinajstić information content (AvgIpc) is 2.69. The lowest BCUT2D eigenvalue weighted by Gasteiger charge is -2.28. The lowest BCUT2D eigenvalue weighted by molar-refractivity contribution is 0.00815. The molecule has 2 aliphatic heterocycles. The van der Waals surface area contributed by atoms with Gasteiger partial charge in [0, 0.05) is 12.5 Å². The standard InChI is InChI=1S/C16H21NO3/c1-16(2,3)20-15(18)17-8-7-13-12(11-9-19-10-11)5-4-6-14(13)17/h4-6,11H,7-10H2,1-3H3. The van der Waals surface area contributed by atoms with Gasteiger partial charge in [-0.15, -0.1) is 0 Å². The summed E-state index contributed by atoms with van der Waals surface area (Å²) in [7, 11) is 0. The van der Waals surface area contributed by atoms with Crippen LogP contribution < -0.4 is 4.90 Å². The van der Waals surface area contributed by atoms with Crippen molar-refractivity contribution in [3.8, 4) is 0 Å². The van der Waals surface area contributed by atoms with Crippen LogP contribution in [0.25, 0.3) is 0 Å². The number of rotatable bonds is 1. The first-order valence-electron chi connectivity index (χ1n) is 7.16. The van der Waals surface area contributed by atoms with Crippen LogP contribution in [-0.4, -0.2) is 31.5 Å². The topological polar surface area (TPSA) is 38.8 Å². The molecule has 1 fully saturated rings. The van der Waals surface area contributed by atoms with E-state index in [1.807, 2.05) is 32.9 Å². The van der Waals surface area contributed by atoms with Crippen LogP contribution in [0.3, 0.4) is 0 Å². The van der Waals surface area contributed by atoms with E-state index >= 15 is 0 Å². The molecule has 1 amide bonds. The largest absolute Gasteiger partial charge is 0.443 e. The highest BCUT2D eigenvalue weighted by atomic mass is 16.6. The SMILES string of the molecule is CC(C)(C)OC(=O)N1CCc2c(C3COC3)cccc21. The second-order valence-corrected chi connectivity index (χ2v) is 6.46. The summed E-state index contributed by atoms with van der Waals surface area (Å²) >= 11 is 0. The lowest BCUT2D eigenvalue weighted by Crippen LogP contribution is -2.35. The molecule has 1 aromatic carbocycles. The van der Waals surface area contributed by atoms with Crippen LogP contribution in [0.15, 0.2) is 18.2 Å². The molecule has 2 aliphatic rings. The summed E-state index contributed by atoms with van der Waals surface area (Å²) in [6.07, 6.45) is 0.652. The Bertz CT molecular complexity index is 529. The molecule has 0 radical (unpaired) electrons. The lowest BCUT2D eigenvalue weighted by atomic mass is 9.91. The molecule has 3 rings (SSSR count). The van der Waals surface area contributed by atoms with Crippen molar-refractivity contribution < 1.29 is 14.3 Å². The maximum atomic E-state index is 12.3. The molecule has 0 unspecified atom stereocenters. The minimum Gasteiger partial charge on any atom is -0.443 e. The number of ether oxygens (including phenoxy) is 2. The van der Waals surface area contributed by atoms with Crippen molar-refractivity contribution in [2.75, 3.05) is 24.7 Å². The Morgan fingerprint density at radius 3 is 2.70 bits per heavy atom. The van der Waals surface area contributed by atoms with E-state index in [-0.39, 0.29) is 6.09 Å². The highest BCUT2D eigenvalue weighted by Crippen LogP contribution is 2.37. The van der Waals surface area contributed by atoms with Gasteiger partial charge >= 0.3 is 6.09 Å². The van der Waals surface area contributed by atoms with Gasteiger partial charge in [0.25, 0.3) is 0 Å². The zero-order chi connectivity index (χ0) is 14.3. The Balaban J connectivity index is 1.85. The minimum atomic E-state index is -0.459. The molecular weight excluding hydrogens is 254 g/mol. The molecule has 2 heterocycles. The smallest absolute Gasteiger partial charge is 0.414 e. The molecular formula is C16H21NO3. The van der Waals surface area contributed by atoms with Crippen LogP contribution in [0.4, 0.5) is 10.5 Å². The summed E-state index contributed by atoms with van der Waals surface area (Å²) in [5.41, 5.74) is 3.16. The fourth-order valence-corrected chi connectivity index (χ4v) is 2.77. The maximum absolute atomic E-state index is 12.3. The number of anilines is 1. The quantitative estimate of drug-likeness (QED) is 0.790. The molecule has 1 saturated heterocycles. The van der Waals surface area contributed by atoms with Crippen molar-refractivity contribution in [2.24, 2.45) is 0 Å². The predicted octanol–water partition coefficient (Wildman–Crippen LogP) is 3.10. The number of amides is 1. The summed E-state index contributed by atoms with van der Waals surface area (Å²) < 4.78 is 10.8. The van der Waals surface area contributed by atoms with Crippen molar-refractivity contribution >= 4 is 11.8 Å². The zero-order valence-electron chi connectivity index (χ0n) is 12.3.